The Morgan fingerprint density at radius 2 is 1.88 bits per heavy atom. The van der Waals surface area contributed by atoms with Gasteiger partial charge in [0.1, 0.15) is 5.75 Å². The van der Waals surface area contributed by atoms with Crippen LogP contribution in [-0.4, -0.2) is 66.8 Å². The van der Waals surface area contributed by atoms with Gasteiger partial charge in [-0.15, -0.1) is 0 Å². The fraction of sp³-hybridized carbons (Fsp3) is 0.375. The number of carbonyl (C=O) groups is 1. The summed E-state index contributed by atoms with van der Waals surface area (Å²) < 4.78 is 5.64. The minimum atomic E-state index is -0.103. The highest BCUT2D eigenvalue weighted by Crippen LogP contribution is 2.35. The molecule has 0 bridgehead atoms. The Bertz CT molecular complexity index is 1510. The van der Waals surface area contributed by atoms with Gasteiger partial charge in [0.05, 0.1) is 24.2 Å². The summed E-state index contributed by atoms with van der Waals surface area (Å²) in [6.07, 6.45) is 5.07. The number of carbonyl (C=O) groups excluding carboxylic acids is 1. The first-order valence-electron chi connectivity index (χ1n) is 14.2. The van der Waals surface area contributed by atoms with E-state index in [4.69, 9.17) is 15.1 Å². The maximum Gasteiger partial charge on any atom is 0.251 e. The van der Waals surface area contributed by atoms with E-state index in [1.54, 1.807) is 19.2 Å². The van der Waals surface area contributed by atoms with Crippen LogP contribution in [0.3, 0.4) is 0 Å². The SMILES string of the molecule is CN/C(=C1\C(=N)CCc2cnc(Nc3ccc(C(=O)NC4CCN(C)CC4)cc3OC)nc21)c1ccc(C)cc1C. The maximum absolute atomic E-state index is 13.0. The molecule has 1 aliphatic carbocycles. The number of rotatable bonds is 7. The second-order valence-electron chi connectivity index (χ2n) is 11.0. The Balaban J connectivity index is 1.43. The Hall–Kier alpha value is -4.24. The number of hydrogen-bond donors (Lipinski definition) is 4. The second-order valence-corrected chi connectivity index (χ2v) is 11.0. The van der Waals surface area contributed by atoms with Gasteiger partial charge in [0, 0.05) is 41.7 Å². The number of amides is 1. The average molecular weight is 554 g/mol. The number of benzene rings is 2. The number of hydrogen-bond acceptors (Lipinski definition) is 8. The Kier molecular flexibility index (Phi) is 8.35. The minimum absolute atomic E-state index is 0.103. The number of aryl methyl sites for hydroxylation is 3. The third kappa shape index (κ3) is 6.10. The molecule has 1 aromatic heterocycles. The molecule has 0 atom stereocenters. The lowest BCUT2D eigenvalue weighted by atomic mass is 9.86. The summed E-state index contributed by atoms with van der Waals surface area (Å²) >= 11 is 0. The number of fused-ring (bicyclic) bond motifs is 1. The summed E-state index contributed by atoms with van der Waals surface area (Å²) in [5.74, 6) is 0.819. The van der Waals surface area contributed by atoms with Gasteiger partial charge < -0.3 is 31.0 Å². The van der Waals surface area contributed by atoms with E-state index in [2.05, 4.69) is 64.9 Å². The van der Waals surface area contributed by atoms with E-state index in [0.717, 1.165) is 59.6 Å². The van der Waals surface area contributed by atoms with Crippen molar-refractivity contribution in [2.75, 3.05) is 39.6 Å². The summed E-state index contributed by atoms with van der Waals surface area (Å²) in [4.78, 5) is 24.7. The highest BCUT2D eigenvalue weighted by molar-refractivity contribution is 6.29. The zero-order chi connectivity index (χ0) is 29.1. The Morgan fingerprint density at radius 3 is 2.59 bits per heavy atom. The van der Waals surface area contributed by atoms with Gasteiger partial charge in [0.2, 0.25) is 5.95 Å². The molecule has 2 aromatic carbocycles. The predicted molar refractivity (Wildman–Crippen MR) is 164 cm³/mol. The minimum Gasteiger partial charge on any atom is -0.495 e. The fourth-order valence-electron chi connectivity index (χ4n) is 5.63. The summed E-state index contributed by atoms with van der Waals surface area (Å²) in [6.45, 7) is 6.13. The highest BCUT2D eigenvalue weighted by atomic mass is 16.5. The standard InChI is InChI=1S/C32H39N7O2/c1-19-6-9-24(20(2)16-19)30(34-3)28-25(33)10-7-22-18-35-32(38-29(22)28)37-26-11-8-21(17-27(26)41-5)31(40)36-23-12-14-39(4)15-13-23/h6,8-9,11,16-18,23,33-34H,7,10,12-15H2,1-5H3,(H,36,40)(H,35,37,38)/b30-28+,33-25?. The predicted octanol–water partition coefficient (Wildman–Crippen LogP) is 4.72. The molecule has 4 N–H and O–H groups in total. The Labute approximate surface area is 241 Å². The van der Waals surface area contributed by atoms with Crippen molar-refractivity contribution in [3.8, 4) is 5.75 Å². The lowest BCUT2D eigenvalue weighted by Gasteiger charge is -2.29. The maximum atomic E-state index is 13.0. The molecule has 2 heterocycles. The van der Waals surface area contributed by atoms with Crippen LogP contribution in [0.5, 0.6) is 5.75 Å². The van der Waals surface area contributed by atoms with Crippen LogP contribution in [0.2, 0.25) is 0 Å². The molecule has 2 aliphatic rings. The van der Waals surface area contributed by atoms with Crippen molar-refractivity contribution in [1.82, 2.24) is 25.5 Å². The van der Waals surface area contributed by atoms with Crippen LogP contribution in [0.15, 0.2) is 42.6 Å². The van der Waals surface area contributed by atoms with Crippen LogP contribution in [0.1, 0.15) is 57.6 Å². The van der Waals surface area contributed by atoms with Crippen LogP contribution in [0.4, 0.5) is 11.6 Å². The van der Waals surface area contributed by atoms with E-state index < -0.39 is 0 Å². The zero-order valence-electron chi connectivity index (χ0n) is 24.5. The normalized spacial score (nSPS) is 17.0. The van der Waals surface area contributed by atoms with Gasteiger partial charge in [-0.05, 0) is 89.0 Å². The van der Waals surface area contributed by atoms with Crippen LogP contribution < -0.4 is 20.7 Å². The molecule has 1 saturated heterocycles. The number of aromatic nitrogens is 2. The molecule has 0 saturated carbocycles. The lowest BCUT2D eigenvalue weighted by Crippen LogP contribution is -2.43. The molecule has 1 fully saturated rings. The van der Waals surface area contributed by atoms with Crippen molar-refractivity contribution in [3.05, 3.63) is 76.1 Å². The zero-order valence-corrected chi connectivity index (χ0v) is 24.5. The number of piperidine rings is 1. The first kappa shape index (κ1) is 28.3. The Morgan fingerprint density at radius 1 is 1.10 bits per heavy atom. The monoisotopic (exact) mass is 553 g/mol. The van der Waals surface area contributed by atoms with Gasteiger partial charge in [0.25, 0.3) is 5.91 Å². The summed E-state index contributed by atoms with van der Waals surface area (Å²) in [5.41, 5.74) is 8.56. The summed E-state index contributed by atoms with van der Waals surface area (Å²) in [6, 6.07) is 11.9. The molecular weight excluding hydrogens is 514 g/mol. The molecule has 0 radical (unpaired) electrons. The third-order valence-electron chi connectivity index (χ3n) is 7.96. The van der Waals surface area contributed by atoms with E-state index >= 15 is 0 Å². The van der Waals surface area contributed by atoms with Crippen molar-refractivity contribution in [1.29, 1.82) is 5.41 Å². The van der Waals surface area contributed by atoms with Crippen LogP contribution in [-0.2, 0) is 6.42 Å². The molecular formula is C32H39N7O2. The fourth-order valence-corrected chi connectivity index (χ4v) is 5.63. The highest BCUT2D eigenvalue weighted by Gasteiger charge is 2.26. The second kappa shape index (κ2) is 12.1. The van der Waals surface area contributed by atoms with Gasteiger partial charge in [-0.1, -0.05) is 23.8 Å². The van der Waals surface area contributed by atoms with Crippen LogP contribution >= 0.6 is 0 Å². The van der Waals surface area contributed by atoms with Gasteiger partial charge in [-0.2, -0.15) is 0 Å². The van der Waals surface area contributed by atoms with E-state index in [1.807, 2.05) is 19.3 Å². The first-order chi connectivity index (χ1) is 19.8. The molecule has 9 nitrogen and oxygen atoms in total. The molecule has 1 amide bonds. The number of anilines is 2. The largest absolute Gasteiger partial charge is 0.495 e. The summed E-state index contributed by atoms with van der Waals surface area (Å²) in [7, 11) is 5.57. The molecule has 0 spiro atoms. The number of nitrogens with one attached hydrogen (secondary N) is 4. The van der Waals surface area contributed by atoms with E-state index in [-0.39, 0.29) is 11.9 Å². The van der Waals surface area contributed by atoms with Gasteiger partial charge in [-0.25, -0.2) is 9.97 Å². The first-order valence-corrected chi connectivity index (χ1v) is 14.2. The van der Waals surface area contributed by atoms with Crippen molar-refractivity contribution in [3.63, 3.8) is 0 Å². The van der Waals surface area contributed by atoms with Crippen LogP contribution in [0, 0.1) is 19.3 Å². The van der Waals surface area contributed by atoms with Gasteiger partial charge in [-0.3, -0.25) is 4.79 Å². The molecule has 9 heteroatoms. The molecule has 214 valence electrons. The number of methoxy groups -OCH3 is 1. The summed E-state index contributed by atoms with van der Waals surface area (Å²) in [5, 5.41) is 18.6. The number of ether oxygens (including phenoxy) is 1. The van der Waals surface area contributed by atoms with Crippen molar-refractivity contribution in [2.24, 2.45) is 0 Å². The number of nitrogens with zero attached hydrogens (tertiary/aromatic N) is 3. The topological polar surface area (TPSA) is 115 Å². The van der Waals surface area contributed by atoms with Crippen molar-refractivity contribution in [2.45, 2.75) is 45.6 Å². The van der Waals surface area contributed by atoms with Crippen molar-refractivity contribution >= 4 is 34.5 Å². The number of likely N-dealkylation sites (tertiary alicyclic amines) is 1. The third-order valence-corrected chi connectivity index (χ3v) is 7.96. The quantitative estimate of drug-likeness (QED) is 0.335. The van der Waals surface area contributed by atoms with Crippen molar-refractivity contribution < 1.29 is 9.53 Å². The molecule has 0 unspecified atom stereocenters. The average Bonchev–Trinajstić information content (AvgIpc) is 2.96. The molecule has 1 aliphatic heterocycles. The molecule has 3 aromatic rings. The van der Waals surface area contributed by atoms with Gasteiger partial charge >= 0.3 is 0 Å². The lowest BCUT2D eigenvalue weighted by molar-refractivity contribution is 0.0916. The van der Waals surface area contributed by atoms with E-state index in [9.17, 15) is 4.79 Å². The molecule has 41 heavy (non-hydrogen) atoms. The van der Waals surface area contributed by atoms with E-state index in [1.165, 1.54) is 5.56 Å². The molecule has 5 rings (SSSR count). The van der Waals surface area contributed by atoms with Gasteiger partial charge in [0.15, 0.2) is 0 Å². The van der Waals surface area contributed by atoms with Crippen LogP contribution in [0.25, 0.3) is 11.3 Å². The smallest absolute Gasteiger partial charge is 0.251 e. The number of allylic oxidation sites excluding steroid dienone is 1. The van der Waals surface area contributed by atoms with E-state index in [0.29, 0.717) is 41.5 Å².